The van der Waals surface area contributed by atoms with E-state index in [9.17, 15) is 9.90 Å². The summed E-state index contributed by atoms with van der Waals surface area (Å²) in [5.74, 6) is 0. The van der Waals surface area contributed by atoms with Crippen LogP contribution in [0.2, 0.25) is 0 Å². The van der Waals surface area contributed by atoms with Crippen LogP contribution >= 0.6 is 0 Å². The third-order valence-electron chi connectivity index (χ3n) is 5.77. The molecule has 1 aromatic carbocycles. The lowest BCUT2D eigenvalue weighted by molar-refractivity contribution is 0.148. The van der Waals surface area contributed by atoms with Crippen molar-refractivity contribution >= 4 is 11.7 Å². The summed E-state index contributed by atoms with van der Waals surface area (Å²) >= 11 is 0. The number of anilines is 1. The lowest BCUT2D eigenvalue weighted by Gasteiger charge is -2.25. The quantitative estimate of drug-likeness (QED) is 0.806. The number of rotatable bonds is 5. The van der Waals surface area contributed by atoms with E-state index in [4.69, 9.17) is 0 Å². The van der Waals surface area contributed by atoms with Gasteiger partial charge in [-0.2, -0.15) is 0 Å². The van der Waals surface area contributed by atoms with Crippen LogP contribution in [0.1, 0.15) is 57.9 Å². The van der Waals surface area contributed by atoms with E-state index in [0.717, 1.165) is 25.1 Å². The van der Waals surface area contributed by atoms with Crippen molar-refractivity contribution in [3.8, 4) is 0 Å². The Morgan fingerprint density at radius 2 is 2.00 bits per heavy atom. The molecule has 0 atom stereocenters. The molecule has 2 N–H and O–H groups in total. The molecule has 1 saturated carbocycles. The van der Waals surface area contributed by atoms with Gasteiger partial charge in [-0.25, -0.2) is 4.79 Å². The number of hydrogen-bond donors (Lipinski definition) is 2. The smallest absolute Gasteiger partial charge is 0.321 e. The summed E-state index contributed by atoms with van der Waals surface area (Å²) in [7, 11) is 0. The first-order chi connectivity index (χ1) is 11.5. The standard InChI is InChI=1S/C20H30N2O2/c1-19(2,15-23)10-7-13-21-18(24)22-14-20(11-5-6-12-20)16-8-3-4-9-17(16)22/h3-4,8-9,23H,5-7,10-15H2,1-2H3,(H,21,24). The average molecular weight is 330 g/mol. The number of carbonyl (C=O) groups is 1. The lowest BCUT2D eigenvalue weighted by atomic mass is 9.81. The summed E-state index contributed by atoms with van der Waals surface area (Å²) < 4.78 is 0. The Labute approximate surface area is 145 Å². The predicted octanol–water partition coefficient (Wildman–Crippen LogP) is 3.83. The zero-order chi connectivity index (χ0) is 17.2. The Bertz CT molecular complexity index is 591. The number of amides is 2. The van der Waals surface area contributed by atoms with Crippen molar-refractivity contribution in [2.75, 3.05) is 24.6 Å². The van der Waals surface area contributed by atoms with Gasteiger partial charge in [-0.15, -0.1) is 0 Å². The van der Waals surface area contributed by atoms with Crippen LogP contribution in [0.5, 0.6) is 0 Å². The maximum Gasteiger partial charge on any atom is 0.321 e. The normalized spacial score (nSPS) is 18.9. The number of hydrogen-bond acceptors (Lipinski definition) is 2. The fourth-order valence-electron chi connectivity index (χ4n) is 4.23. The van der Waals surface area contributed by atoms with Gasteiger partial charge < -0.3 is 10.4 Å². The molecule has 4 heteroatoms. The minimum absolute atomic E-state index is 0.0213. The van der Waals surface area contributed by atoms with Crippen LogP contribution in [0.4, 0.5) is 10.5 Å². The molecule has 132 valence electrons. The van der Waals surface area contributed by atoms with Gasteiger partial charge in [-0.1, -0.05) is 44.9 Å². The van der Waals surface area contributed by atoms with E-state index in [-0.39, 0.29) is 23.5 Å². The highest BCUT2D eigenvalue weighted by Gasteiger charge is 2.45. The molecule has 0 bridgehead atoms. The summed E-state index contributed by atoms with van der Waals surface area (Å²) in [5.41, 5.74) is 2.57. The van der Waals surface area contributed by atoms with Crippen molar-refractivity contribution in [2.24, 2.45) is 5.41 Å². The Morgan fingerprint density at radius 1 is 1.29 bits per heavy atom. The summed E-state index contributed by atoms with van der Waals surface area (Å²) in [6, 6.07) is 8.43. The van der Waals surface area contributed by atoms with E-state index >= 15 is 0 Å². The second-order valence-corrected chi connectivity index (χ2v) is 8.25. The minimum Gasteiger partial charge on any atom is -0.396 e. The molecule has 1 aromatic rings. The zero-order valence-electron chi connectivity index (χ0n) is 15.0. The molecule has 0 saturated heterocycles. The molecule has 0 unspecified atom stereocenters. The number of nitrogens with zero attached hydrogens (tertiary/aromatic N) is 1. The van der Waals surface area contributed by atoms with Gasteiger partial charge in [0.05, 0.1) is 0 Å². The van der Waals surface area contributed by atoms with Gasteiger partial charge in [0.15, 0.2) is 0 Å². The number of para-hydroxylation sites is 1. The number of aliphatic hydroxyl groups is 1. The predicted molar refractivity (Wildman–Crippen MR) is 97.4 cm³/mol. The Morgan fingerprint density at radius 3 is 2.71 bits per heavy atom. The Hall–Kier alpha value is -1.55. The summed E-state index contributed by atoms with van der Waals surface area (Å²) in [6.07, 6.45) is 6.71. The van der Waals surface area contributed by atoms with Gasteiger partial charge in [0.2, 0.25) is 0 Å². The van der Waals surface area contributed by atoms with Gasteiger partial charge in [0.1, 0.15) is 0 Å². The molecule has 4 nitrogen and oxygen atoms in total. The first-order valence-electron chi connectivity index (χ1n) is 9.23. The fraction of sp³-hybridized carbons (Fsp3) is 0.650. The third kappa shape index (κ3) is 3.30. The van der Waals surface area contributed by atoms with Crippen molar-refractivity contribution in [3.05, 3.63) is 29.8 Å². The van der Waals surface area contributed by atoms with E-state index in [1.807, 2.05) is 11.0 Å². The maximum atomic E-state index is 12.7. The number of fused-ring (bicyclic) bond motifs is 2. The lowest BCUT2D eigenvalue weighted by Crippen LogP contribution is -2.42. The number of carbonyl (C=O) groups excluding carboxylic acids is 1. The molecule has 1 aliphatic heterocycles. The van der Waals surface area contributed by atoms with Crippen LogP contribution in [0.15, 0.2) is 24.3 Å². The van der Waals surface area contributed by atoms with E-state index in [1.54, 1.807) is 0 Å². The SMILES string of the molecule is CC(C)(CO)CCCNC(=O)N1CC2(CCCC2)c2ccccc21. The van der Waals surface area contributed by atoms with E-state index in [1.165, 1.54) is 31.2 Å². The van der Waals surface area contributed by atoms with Gasteiger partial charge in [0, 0.05) is 30.8 Å². The maximum absolute atomic E-state index is 12.7. The summed E-state index contributed by atoms with van der Waals surface area (Å²) in [6.45, 7) is 5.77. The molecular formula is C20H30N2O2. The summed E-state index contributed by atoms with van der Waals surface area (Å²) in [4.78, 5) is 14.6. The molecule has 1 fully saturated rings. The van der Waals surface area contributed by atoms with E-state index < -0.39 is 0 Å². The second-order valence-electron chi connectivity index (χ2n) is 8.25. The topological polar surface area (TPSA) is 52.6 Å². The van der Waals surface area contributed by atoms with E-state index in [0.29, 0.717) is 6.54 Å². The highest BCUT2D eigenvalue weighted by Crippen LogP contribution is 2.50. The largest absolute Gasteiger partial charge is 0.396 e. The first kappa shape index (κ1) is 17.3. The molecule has 1 heterocycles. The van der Waals surface area contributed by atoms with Crippen LogP contribution in [0, 0.1) is 5.41 Å². The molecule has 2 amide bonds. The minimum atomic E-state index is -0.0706. The van der Waals surface area contributed by atoms with Crippen LogP contribution < -0.4 is 10.2 Å². The number of aliphatic hydroxyl groups excluding tert-OH is 1. The van der Waals surface area contributed by atoms with Gasteiger partial charge in [0.25, 0.3) is 0 Å². The Balaban J connectivity index is 1.62. The van der Waals surface area contributed by atoms with Crippen LogP contribution in [-0.4, -0.2) is 30.8 Å². The van der Waals surface area contributed by atoms with Crippen LogP contribution in [0.25, 0.3) is 0 Å². The molecular weight excluding hydrogens is 300 g/mol. The van der Waals surface area contributed by atoms with Crippen molar-refractivity contribution in [2.45, 2.75) is 57.8 Å². The molecule has 3 rings (SSSR count). The van der Waals surface area contributed by atoms with Gasteiger partial charge in [-0.3, -0.25) is 4.90 Å². The van der Waals surface area contributed by atoms with Gasteiger partial charge >= 0.3 is 6.03 Å². The highest BCUT2D eigenvalue weighted by atomic mass is 16.3. The third-order valence-corrected chi connectivity index (χ3v) is 5.77. The van der Waals surface area contributed by atoms with Crippen molar-refractivity contribution in [3.63, 3.8) is 0 Å². The summed E-state index contributed by atoms with van der Waals surface area (Å²) in [5, 5.41) is 12.4. The Kier molecular flexibility index (Phi) is 4.86. The number of urea groups is 1. The highest BCUT2D eigenvalue weighted by molar-refractivity contribution is 5.95. The number of benzene rings is 1. The first-order valence-corrected chi connectivity index (χ1v) is 9.23. The second kappa shape index (κ2) is 6.75. The molecule has 0 aromatic heterocycles. The monoisotopic (exact) mass is 330 g/mol. The zero-order valence-corrected chi connectivity index (χ0v) is 15.0. The van der Waals surface area contributed by atoms with E-state index in [2.05, 4.69) is 37.4 Å². The van der Waals surface area contributed by atoms with Crippen molar-refractivity contribution < 1.29 is 9.90 Å². The fourth-order valence-corrected chi connectivity index (χ4v) is 4.23. The van der Waals surface area contributed by atoms with Crippen LogP contribution in [0.3, 0.4) is 0 Å². The molecule has 0 radical (unpaired) electrons. The molecule has 1 aliphatic carbocycles. The molecule has 2 aliphatic rings. The van der Waals surface area contributed by atoms with Crippen molar-refractivity contribution in [1.29, 1.82) is 0 Å². The van der Waals surface area contributed by atoms with Gasteiger partial charge in [-0.05, 0) is 42.7 Å². The molecule has 24 heavy (non-hydrogen) atoms. The molecule has 1 spiro atoms. The number of nitrogens with one attached hydrogen (secondary N) is 1. The van der Waals surface area contributed by atoms with Crippen LogP contribution in [-0.2, 0) is 5.41 Å². The van der Waals surface area contributed by atoms with Crippen molar-refractivity contribution in [1.82, 2.24) is 5.32 Å². The average Bonchev–Trinajstić information content (AvgIpc) is 3.18.